The lowest BCUT2D eigenvalue weighted by Gasteiger charge is -2.00. The average molecular weight is 296 g/mol. The van der Waals surface area contributed by atoms with Gasteiger partial charge >= 0.3 is 0 Å². The molecule has 0 saturated heterocycles. The zero-order chi connectivity index (χ0) is 13.9. The summed E-state index contributed by atoms with van der Waals surface area (Å²) < 4.78 is 22.7. The van der Waals surface area contributed by atoms with E-state index in [2.05, 4.69) is 4.98 Å². The maximum Gasteiger partial charge on any atom is 0.153 e. The van der Waals surface area contributed by atoms with Gasteiger partial charge in [-0.2, -0.15) is 0 Å². The van der Waals surface area contributed by atoms with E-state index in [0.717, 1.165) is 16.1 Å². The third-order valence-electron chi connectivity index (χ3n) is 2.55. The van der Waals surface area contributed by atoms with Crippen molar-refractivity contribution >= 4 is 21.2 Å². The Bertz CT molecular complexity index is 649. The molecule has 0 unspecified atom stereocenters. The van der Waals surface area contributed by atoms with Crippen molar-refractivity contribution in [1.82, 2.24) is 4.98 Å². The molecule has 6 heteroatoms. The van der Waals surface area contributed by atoms with Crippen LogP contribution in [0.5, 0.6) is 0 Å². The minimum atomic E-state index is -3.06. The number of aromatic nitrogens is 1. The van der Waals surface area contributed by atoms with Gasteiger partial charge in [-0.1, -0.05) is 30.3 Å². The smallest absolute Gasteiger partial charge is 0.153 e. The highest BCUT2D eigenvalue weighted by atomic mass is 32.2. The second-order valence-electron chi connectivity index (χ2n) is 4.35. The molecular formula is C13H16N2O2S2. The highest BCUT2D eigenvalue weighted by Gasteiger charge is 2.15. The minimum Gasteiger partial charge on any atom is -0.330 e. The summed E-state index contributed by atoms with van der Waals surface area (Å²) in [5, 5.41) is 0.629. The van der Waals surface area contributed by atoms with Gasteiger partial charge in [0.05, 0.1) is 5.69 Å². The van der Waals surface area contributed by atoms with Gasteiger partial charge in [0.15, 0.2) is 9.84 Å². The zero-order valence-electron chi connectivity index (χ0n) is 10.7. The van der Waals surface area contributed by atoms with E-state index in [1.165, 1.54) is 17.6 Å². The Morgan fingerprint density at radius 1 is 1.26 bits per heavy atom. The van der Waals surface area contributed by atoms with Crippen LogP contribution in [0.3, 0.4) is 0 Å². The van der Waals surface area contributed by atoms with Crippen LogP contribution in [0.25, 0.3) is 11.3 Å². The van der Waals surface area contributed by atoms with Crippen molar-refractivity contribution in [2.45, 2.75) is 12.2 Å². The number of nitrogens with zero attached hydrogens (tertiary/aromatic N) is 1. The standard InChI is InChI=1S/C13H16N2O2S2/c1-19(16,17)9-12-15-13(11(18-12)7-8-14)10-5-3-2-4-6-10/h2-6H,7-9,14H2,1H3. The summed E-state index contributed by atoms with van der Waals surface area (Å²) in [5.41, 5.74) is 7.46. The molecule has 0 radical (unpaired) electrons. The number of benzene rings is 1. The molecule has 0 saturated carbocycles. The van der Waals surface area contributed by atoms with Crippen LogP contribution < -0.4 is 5.73 Å². The Kier molecular flexibility index (Phi) is 4.34. The van der Waals surface area contributed by atoms with Crippen molar-refractivity contribution in [3.8, 4) is 11.3 Å². The van der Waals surface area contributed by atoms with Gasteiger partial charge in [0.1, 0.15) is 10.8 Å². The highest BCUT2D eigenvalue weighted by Crippen LogP contribution is 2.29. The normalized spacial score (nSPS) is 11.7. The third kappa shape index (κ3) is 3.86. The first kappa shape index (κ1) is 14.2. The van der Waals surface area contributed by atoms with Gasteiger partial charge in [-0.05, 0) is 13.0 Å². The van der Waals surface area contributed by atoms with Crippen LogP contribution in [0.2, 0.25) is 0 Å². The first-order valence-electron chi connectivity index (χ1n) is 5.91. The van der Waals surface area contributed by atoms with Gasteiger partial charge in [0.2, 0.25) is 0 Å². The van der Waals surface area contributed by atoms with Crippen molar-refractivity contribution in [3.63, 3.8) is 0 Å². The van der Waals surface area contributed by atoms with Crippen LogP contribution in [0, 0.1) is 0 Å². The Morgan fingerprint density at radius 2 is 1.95 bits per heavy atom. The summed E-state index contributed by atoms with van der Waals surface area (Å²) in [7, 11) is -3.06. The molecule has 2 aromatic rings. The van der Waals surface area contributed by atoms with Gasteiger partial charge in [-0.25, -0.2) is 13.4 Å². The van der Waals surface area contributed by atoms with Crippen molar-refractivity contribution in [2.24, 2.45) is 5.73 Å². The lowest BCUT2D eigenvalue weighted by molar-refractivity contribution is 0.601. The Balaban J connectivity index is 2.42. The van der Waals surface area contributed by atoms with Crippen LogP contribution >= 0.6 is 11.3 Å². The van der Waals surface area contributed by atoms with Crippen molar-refractivity contribution in [1.29, 1.82) is 0 Å². The largest absolute Gasteiger partial charge is 0.330 e. The molecule has 0 atom stereocenters. The predicted molar refractivity (Wildman–Crippen MR) is 78.9 cm³/mol. The molecule has 2 rings (SSSR count). The number of rotatable bonds is 5. The summed E-state index contributed by atoms with van der Waals surface area (Å²) in [6.07, 6.45) is 1.94. The van der Waals surface area contributed by atoms with Crippen LogP contribution in [0.4, 0.5) is 0 Å². The molecule has 0 bridgehead atoms. The number of hydrogen-bond acceptors (Lipinski definition) is 5. The maximum absolute atomic E-state index is 11.4. The number of thiazole rings is 1. The van der Waals surface area contributed by atoms with Gasteiger partial charge in [0, 0.05) is 16.7 Å². The fourth-order valence-electron chi connectivity index (χ4n) is 1.81. The van der Waals surface area contributed by atoms with E-state index in [0.29, 0.717) is 18.0 Å². The van der Waals surface area contributed by atoms with Crippen LogP contribution in [-0.2, 0) is 22.0 Å². The van der Waals surface area contributed by atoms with Crippen molar-refractivity contribution in [2.75, 3.05) is 12.8 Å². The Hall–Kier alpha value is -1.24. The molecule has 0 spiro atoms. The van der Waals surface area contributed by atoms with Crippen LogP contribution in [0.1, 0.15) is 9.88 Å². The topological polar surface area (TPSA) is 73.0 Å². The van der Waals surface area contributed by atoms with Crippen molar-refractivity contribution in [3.05, 3.63) is 40.2 Å². The van der Waals surface area contributed by atoms with Crippen LogP contribution in [-0.4, -0.2) is 26.2 Å². The molecule has 4 nitrogen and oxygen atoms in total. The molecule has 1 aromatic heterocycles. The summed E-state index contributed by atoms with van der Waals surface area (Å²) in [4.78, 5) is 5.52. The molecule has 102 valence electrons. The summed E-state index contributed by atoms with van der Waals surface area (Å²) in [6, 6.07) is 9.77. The first-order chi connectivity index (χ1) is 8.99. The fraction of sp³-hybridized carbons (Fsp3) is 0.308. The van der Waals surface area contributed by atoms with Crippen LogP contribution in [0.15, 0.2) is 30.3 Å². The second kappa shape index (κ2) is 5.81. The number of nitrogens with two attached hydrogens (primary N) is 1. The second-order valence-corrected chi connectivity index (χ2v) is 7.66. The fourth-order valence-corrected chi connectivity index (χ4v) is 4.10. The first-order valence-corrected chi connectivity index (χ1v) is 8.79. The van der Waals surface area contributed by atoms with E-state index < -0.39 is 9.84 Å². The molecule has 0 fully saturated rings. The average Bonchev–Trinajstić information content (AvgIpc) is 2.71. The Morgan fingerprint density at radius 3 is 2.53 bits per heavy atom. The van der Waals surface area contributed by atoms with E-state index in [4.69, 9.17) is 5.73 Å². The van der Waals surface area contributed by atoms with E-state index in [1.807, 2.05) is 30.3 Å². The number of sulfone groups is 1. The Labute approximate surface area is 117 Å². The van der Waals surface area contributed by atoms with E-state index in [9.17, 15) is 8.42 Å². The van der Waals surface area contributed by atoms with Crippen molar-refractivity contribution < 1.29 is 8.42 Å². The molecule has 0 aliphatic rings. The third-order valence-corrected chi connectivity index (χ3v) is 4.64. The molecule has 0 aliphatic carbocycles. The maximum atomic E-state index is 11.4. The zero-order valence-corrected chi connectivity index (χ0v) is 12.3. The molecule has 1 heterocycles. The monoisotopic (exact) mass is 296 g/mol. The van der Waals surface area contributed by atoms with Gasteiger partial charge in [0.25, 0.3) is 0 Å². The molecule has 19 heavy (non-hydrogen) atoms. The van der Waals surface area contributed by atoms with Gasteiger partial charge < -0.3 is 5.73 Å². The summed E-state index contributed by atoms with van der Waals surface area (Å²) in [6.45, 7) is 0.528. The molecule has 0 aliphatic heterocycles. The lowest BCUT2D eigenvalue weighted by atomic mass is 10.1. The SMILES string of the molecule is CS(=O)(=O)Cc1nc(-c2ccccc2)c(CCN)s1. The van der Waals surface area contributed by atoms with Gasteiger partial charge in [-0.15, -0.1) is 11.3 Å². The molecular weight excluding hydrogens is 280 g/mol. The number of hydrogen-bond donors (Lipinski definition) is 1. The molecule has 1 aromatic carbocycles. The van der Waals surface area contributed by atoms with Gasteiger partial charge in [-0.3, -0.25) is 0 Å². The van der Waals surface area contributed by atoms with E-state index in [-0.39, 0.29) is 5.75 Å². The minimum absolute atomic E-state index is 0.0118. The lowest BCUT2D eigenvalue weighted by Crippen LogP contribution is -2.02. The summed E-state index contributed by atoms with van der Waals surface area (Å²) >= 11 is 1.44. The van der Waals surface area contributed by atoms with E-state index in [1.54, 1.807) is 0 Å². The molecule has 2 N–H and O–H groups in total. The summed E-state index contributed by atoms with van der Waals surface area (Å²) in [5.74, 6) is -0.0118. The predicted octanol–water partition coefficient (Wildman–Crippen LogP) is 1.86. The quantitative estimate of drug-likeness (QED) is 0.914. The highest BCUT2D eigenvalue weighted by molar-refractivity contribution is 7.90. The molecule has 0 amide bonds. The van der Waals surface area contributed by atoms with E-state index >= 15 is 0 Å².